The van der Waals surface area contributed by atoms with Gasteiger partial charge >= 0.3 is 0 Å². The summed E-state index contributed by atoms with van der Waals surface area (Å²) in [6, 6.07) is 13.5. The van der Waals surface area contributed by atoms with Gasteiger partial charge in [0.25, 0.3) is 0 Å². The first-order valence-corrected chi connectivity index (χ1v) is 12.5. The smallest absolute Gasteiger partial charge is 0.239 e. The van der Waals surface area contributed by atoms with E-state index in [0.29, 0.717) is 47.9 Å². The van der Waals surface area contributed by atoms with E-state index in [1.165, 1.54) is 0 Å². The van der Waals surface area contributed by atoms with Crippen molar-refractivity contribution in [3.63, 3.8) is 0 Å². The average molecular weight is 502 g/mol. The van der Waals surface area contributed by atoms with Crippen LogP contribution < -0.4 is 19.7 Å². The van der Waals surface area contributed by atoms with E-state index < -0.39 is 0 Å². The molecule has 2 fully saturated rings. The van der Waals surface area contributed by atoms with Gasteiger partial charge in [-0.2, -0.15) is 10.2 Å². The zero-order valence-corrected chi connectivity index (χ0v) is 21.2. The highest BCUT2D eigenvalue weighted by molar-refractivity contribution is 5.66. The van der Waals surface area contributed by atoms with Crippen LogP contribution in [0.15, 0.2) is 42.6 Å². The SMILES string of the molecule is COc1nc(Nc2nccc(-c3ccc(OC4CCOCC4)c(C#N)c3)n2)ccc1N1CCN(C)CC1. The number of rotatable bonds is 7. The summed E-state index contributed by atoms with van der Waals surface area (Å²) < 4.78 is 17.1. The molecule has 192 valence electrons. The average Bonchev–Trinajstić information content (AvgIpc) is 2.94. The van der Waals surface area contributed by atoms with Gasteiger partial charge in [-0.05, 0) is 43.4 Å². The summed E-state index contributed by atoms with van der Waals surface area (Å²) in [4.78, 5) is 18.2. The molecule has 10 heteroatoms. The maximum absolute atomic E-state index is 9.72. The molecule has 0 bridgehead atoms. The van der Waals surface area contributed by atoms with Gasteiger partial charge in [-0.3, -0.25) is 0 Å². The number of nitriles is 1. The molecule has 1 aromatic carbocycles. The Balaban J connectivity index is 1.32. The number of nitrogens with one attached hydrogen (secondary N) is 1. The Morgan fingerprint density at radius 2 is 1.86 bits per heavy atom. The van der Waals surface area contributed by atoms with Crippen LogP contribution in [0, 0.1) is 11.3 Å². The van der Waals surface area contributed by atoms with E-state index in [2.05, 4.69) is 43.2 Å². The molecule has 0 atom stereocenters. The second kappa shape index (κ2) is 11.4. The van der Waals surface area contributed by atoms with Crippen LogP contribution in [0.4, 0.5) is 17.5 Å². The molecule has 2 aliphatic rings. The number of likely N-dealkylation sites (N-methyl/N-ethyl adjacent to an activating group) is 1. The zero-order valence-electron chi connectivity index (χ0n) is 21.2. The Morgan fingerprint density at radius 1 is 1.05 bits per heavy atom. The Labute approximate surface area is 216 Å². The monoisotopic (exact) mass is 501 g/mol. The fraction of sp³-hybridized carbons (Fsp3) is 0.407. The molecule has 0 unspecified atom stereocenters. The number of pyridine rings is 1. The van der Waals surface area contributed by atoms with Crippen LogP contribution in [0.3, 0.4) is 0 Å². The topological polar surface area (TPSA) is 109 Å². The highest BCUT2D eigenvalue weighted by Crippen LogP contribution is 2.30. The number of aromatic nitrogens is 3. The fourth-order valence-corrected chi connectivity index (χ4v) is 4.49. The zero-order chi connectivity index (χ0) is 25.6. The minimum Gasteiger partial charge on any atom is -0.489 e. The molecule has 0 radical (unpaired) electrons. The van der Waals surface area contributed by atoms with Crippen molar-refractivity contribution in [2.75, 3.05) is 63.8 Å². The summed E-state index contributed by atoms with van der Waals surface area (Å²) in [7, 11) is 3.76. The molecule has 3 aromatic rings. The van der Waals surface area contributed by atoms with Gasteiger partial charge in [-0.15, -0.1) is 0 Å². The van der Waals surface area contributed by atoms with Crippen molar-refractivity contribution in [3.05, 3.63) is 48.2 Å². The normalized spacial score (nSPS) is 16.7. The lowest BCUT2D eigenvalue weighted by Crippen LogP contribution is -2.44. The number of hydrogen-bond acceptors (Lipinski definition) is 10. The molecular formula is C27H31N7O3. The molecule has 0 saturated carbocycles. The molecule has 10 nitrogen and oxygen atoms in total. The van der Waals surface area contributed by atoms with Crippen molar-refractivity contribution < 1.29 is 14.2 Å². The third kappa shape index (κ3) is 5.90. The predicted molar refractivity (Wildman–Crippen MR) is 140 cm³/mol. The van der Waals surface area contributed by atoms with Gasteiger partial charge in [0.1, 0.15) is 29.4 Å². The van der Waals surface area contributed by atoms with E-state index in [-0.39, 0.29) is 6.10 Å². The highest BCUT2D eigenvalue weighted by Gasteiger charge is 2.20. The molecule has 2 aromatic heterocycles. The first-order chi connectivity index (χ1) is 18.1. The molecule has 2 saturated heterocycles. The lowest BCUT2D eigenvalue weighted by molar-refractivity contribution is 0.0254. The third-order valence-electron chi connectivity index (χ3n) is 6.63. The predicted octanol–water partition coefficient (Wildman–Crippen LogP) is 3.47. The Kier molecular flexibility index (Phi) is 7.63. The van der Waals surface area contributed by atoms with Gasteiger partial charge in [0, 0.05) is 50.8 Å². The summed E-state index contributed by atoms with van der Waals surface area (Å²) in [6.07, 6.45) is 3.39. The maximum atomic E-state index is 9.72. The molecule has 1 N–H and O–H groups in total. The van der Waals surface area contributed by atoms with Crippen molar-refractivity contribution in [2.24, 2.45) is 0 Å². The lowest BCUT2D eigenvalue weighted by Gasteiger charge is -2.34. The van der Waals surface area contributed by atoms with Crippen molar-refractivity contribution >= 4 is 17.5 Å². The Bertz CT molecular complexity index is 1270. The molecule has 0 amide bonds. The number of nitrogens with zero attached hydrogens (tertiary/aromatic N) is 6. The van der Waals surface area contributed by atoms with Crippen LogP contribution in [0.5, 0.6) is 11.6 Å². The summed E-state index contributed by atoms with van der Waals surface area (Å²) >= 11 is 0. The van der Waals surface area contributed by atoms with E-state index in [1.54, 1.807) is 19.4 Å². The van der Waals surface area contributed by atoms with Gasteiger partial charge < -0.3 is 29.3 Å². The number of piperazine rings is 1. The van der Waals surface area contributed by atoms with Crippen molar-refractivity contribution in [2.45, 2.75) is 18.9 Å². The summed E-state index contributed by atoms with van der Waals surface area (Å²) in [5, 5.41) is 12.9. The van der Waals surface area contributed by atoms with Gasteiger partial charge in [-0.25, -0.2) is 9.97 Å². The molecule has 0 aliphatic carbocycles. The van der Waals surface area contributed by atoms with Crippen molar-refractivity contribution in [1.29, 1.82) is 5.26 Å². The summed E-state index contributed by atoms with van der Waals surface area (Å²) in [5.74, 6) is 2.14. The molecule has 0 spiro atoms. The lowest BCUT2D eigenvalue weighted by atomic mass is 10.1. The minimum absolute atomic E-state index is 0.0636. The molecule has 2 aliphatic heterocycles. The number of benzene rings is 1. The second-order valence-corrected chi connectivity index (χ2v) is 9.16. The quantitative estimate of drug-likeness (QED) is 0.517. The van der Waals surface area contributed by atoms with E-state index in [4.69, 9.17) is 14.2 Å². The number of methoxy groups -OCH3 is 1. The van der Waals surface area contributed by atoms with E-state index in [0.717, 1.165) is 50.3 Å². The van der Waals surface area contributed by atoms with Gasteiger partial charge in [0.05, 0.1) is 31.6 Å². The van der Waals surface area contributed by atoms with Gasteiger partial charge in [-0.1, -0.05) is 0 Å². The van der Waals surface area contributed by atoms with Gasteiger partial charge in [0.2, 0.25) is 11.8 Å². The van der Waals surface area contributed by atoms with Crippen molar-refractivity contribution in [1.82, 2.24) is 19.9 Å². The Hall–Kier alpha value is -3.94. The van der Waals surface area contributed by atoms with Gasteiger partial charge in [0.15, 0.2) is 0 Å². The highest BCUT2D eigenvalue weighted by atomic mass is 16.5. The maximum Gasteiger partial charge on any atom is 0.239 e. The summed E-state index contributed by atoms with van der Waals surface area (Å²) in [5.41, 5.74) is 2.94. The summed E-state index contributed by atoms with van der Waals surface area (Å²) in [6.45, 7) is 5.22. The molecule has 5 rings (SSSR count). The molecule has 4 heterocycles. The van der Waals surface area contributed by atoms with Crippen LogP contribution >= 0.6 is 0 Å². The van der Waals surface area contributed by atoms with Crippen molar-refractivity contribution in [3.8, 4) is 29.0 Å². The minimum atomic E-state index is 0.0636. The standard InChI is InChI=1S/C27H31N7O3/c1-33-11-13-34(14-12-33)23-4-6-25(31-26(23)35-2)32-27-29-10-7-22(30-27)19-3-5-24(20(17-19)18-28)37-21-8-15-36-16-9-21/h3-7,10,17,21H,8-9,11-16H2,1-2H3,(H,29,30,31,32). The van der Waals surface area contributed by atoms with Crippen LogP contribution in [0.25, 0.3) is 11.3 Å². The number of ether oxygens (including phenoxy) is 3. The second-order valence-electron chi connectivity index (χ2n) is 9.16. The van der Waals surface area contributed by atoms with E-state index in [1.807, 2.05) is 30.3 Å². The van der Waals surface area contributed by atoms with E-state index >= 15 is 0 Å². The first kappa shape index (κ1) is 24.7. The van der Waals surface area contributed by atoms with Crippen LogP contribution in [0.1, 0.15) is 18.4 Å². The van der Waals surface area contributed by atoms with Crippen LogP contribution in [-0.2, 0) is 4.74 Å². The first-order valence-electron chi connectivity index (χ1n) is 12.5. The largest absolute Gasteiger partial charge is 0.489 e. The third-order valence-corrected chi connectivity index (χ3v) is 6.63. The molecular weight excluding hydrogens is 470 g/mol. The fourth-order valence-electron chi connectivity index (χ4n) is 4.49. The molecule has 37 heavy (non-hydrogen) atoms. The Morgan fingerprint density at radius 3 is 2.62 bits per heavy atom. The van der Waals surface area contributed by atoms with Crippen LogP contribution in [0.2, 0.25) is 0 Å². The number of anilines is 3. The van der Waals surface area contributed by atoms with E-state index in [9.17, 15) is 5.26 Å². The number of hydrogen-bond donors (Lipinski definition) is 1. The van der Waals surface area contributed by atoms with Crippen LogP contribution in [-0.4, -0.2) is 79.5 Å².